The van der Waals surface area contributed by atoms with Crippen LogP contribution in [0, 0.1) is 0 Å². The summed E-state index contributed by atoms with van der Waals surface area (Å²) >= 11 is 0. The quantitative estimate of drug-likeness (QED) is 0.414. The summed E-state index contributed by atoms with van der Waals surface area (Å²) in [4.78, 5) is 21.1. The Morgan fingerprint density at radius 3 is 2.58 bits per heavy atom. The smallest absolute Gasteiger partial charge is 0.228 e. The zero-order valence-electron chi connectivity index (χ0n) is 18.2. The second-order valence-corrected chi connectivity index (χ2v) is 8.91. The number of fused-ring (bicyclic) bond motifs is 2. The molecular formula is C22H21B3N6O2. The van der Waals surface area contributed by atoms with Gasteiger partial charge in [0.25, 0.3) is 0 Å². The highest BCUT2D eigenvalue weighted by atomic mass is 16.5. The number of H-pyrrole nitrogens is 1. The highest BCUT2D eigenvalue weighted by molar-refractivity contribution is 6.58. The van der Waals surface area contributed by atoms with Crippen LogP contribution in [0.3, 0.4) is 0 Å². The van der Waals surface area contributed by atoms with E-state index in [4.69, 9.17) is 28.3 Å². The van der Waals surface area contributed by atoms with Crippen LogP contribution in [0.15, 0.2) is 36.8 Å². The molecule has 160 valence electrons. The predicted octanol–water partition coefficient (Wildman–Crippen LogP) is 2.17. The van der Waals surface area contributed by atoms with Crippen molar-refractivity contribution in [2.24, 2.45) is 0 Å². The number of anilines is 1. The van der Waals surface area contributed by atoms with Crippen molar-refractivity contribution in [2.75, 3.05) is 5.32 Å². The Labute approximate surface area is 195 Å². The number of hydrogen-bond acceptors (Lipinski definition) is 7. The number of aromatic nitrogens is 5. The molecule has 0 aliphatic heterocycles. The van der Waals surface area contributed by atoms with E-state index in [1.165, 1.54) is 0 Å². The molecule has 0 spiro atoms. The van der Waals surface area contributed by atoms with E-state index in [0.717, 1.165) is 35.0 Å². The molecule has 0 bridgehead atoms. The zero-order chi connectivity index (χ0) is 23.2. The van der Waals surface area contributed by atoms with Crippen molar-refractivity contribution in [3.63, 3.8) is 0 Å². The third-order valence-electron chi connectivity index (χ3n) is 5.95. The van der Waals surface area contributed by atoms with Crippen LogP contribution in [0.2, 0.25) is 0 Å². The molecule has 0 amide bonds. The summed E-state index contributed by atoms with van der Waals surface area (Å²) in [5.41, 5.74) is 3.12. The Balaban J connectivity index is 1.55. The first-order valence-corrected chi connectivity index (χ1v) is 10.8. The largest absolute Gasteiger partial charge is 0.500 e. The maximum Gasteiger partial charge on any atom is 0.228 e. The molecule has 0 saturated heterocycles. The first-order valence-electron chi connectivity index (χ1n) is 10.8. The van der Waals surface area contributed by atoms with Gasteiger partial charge in [-0.15, -0.1) is 0 Å². The minimum Gasteiger partial charge on any atom is -0.500 e. The van der Waals surface area contributed by atoms with Crippen LogP contribution in [0.4, 0.5) is 5.95 Å². The molecule has 33 heavy (non-hydrogen) atoms. The normalized spacial score (nSPS) is 21.3. The standard InChI is InChI=1S/C22H21B3N6O2/c1-21(32)6-4-13(5-7-21)29-20-30-18-17(19(31-20)33-22(23,24)25)14(11-28-18)12-2-3-15-16(10-12)27-9-8-26-15/h2-3,8-11,13,32H,4-7H2,1H3,(H2,28,29,30,31). The van der Waals surface area contributed by atoms with E-state index >= 15 is 0 Å². The van der Waals surface area contributed by atoms with E-state index < -0.39 is 10.9 Å². The van der Waals surface area contributed by atoms with Gasteiger partial charge >= 0.3 is 0 Å². The Morgan fingerprint density at radius 2 is 1.85 bits per heavy atom. The van der Waals surface area contributed by atoms with Crippen molar-refractivity contribution >= 4 is 51.6 Å². The second-order valence-electron chi connectivity index (χ2n) is 8.91. The van der Waals surface area contributed by atoms with Crippen LogP contribution in [-0.4, -0.2) is 70.5 Å². The number of aromatic amines is 1. The molecule has 0 unspecified atom stereocenters. The SMILES string of the molecule is [B]C([B])([B])Oc1nc(NC2CCC(C)(O)CC2)nc2[nH]cc(-c3ccc4nccnc4c3)c12. The number of rotatable bonds is 5. The fraction of sp³-hybridized carbons (Fsp3) is 0.364. The fourth-order valence-corrected chi connectivity index (χ4v) is 4.23. The molecule has 3 aromatic heterocycles. The van der Waals surface area contributed by atoms with Gasteiger partial charge in [-0.25, -0.2) is 0 Å². The minimum atomic E-state index is -1.93. The lowest BCUT2D eigenvalue weighted by Crippen LogP contribution is -2.38. The van der Waals surface area contributed by atoms with Crippen molar-refractivity contribution in [1.29, 1.82) is 0 Å². The topological polar surface area (TPSA) is 109 Å². The molecule has 1 saturated carbocycles. The minimum absolute atomic E-state index is 0.127. The Bertz CT molecular complexity index is 1310. The summed E-state index contributed by atoms with van der Waals surface area (Å²) in [6, 6.07) is 5.88. The summed E-state index contributed by atoms with van der Waals surface area (Å²) in [5, 5.41) is 12.2. The van der Waals surface area contributed by atoms with Gasteiger partial charge in [-0.3, -0.25) is 9.97 Å². The van der Waals surface area contributed by atoms with Gasteiger partial charge in [0.1, 0.15) is 29.2 Å². The third kappa shape index (κ3) is 4.69. The van der Waals surface area contributed by atoms with E-state index in [1.807, 2.05) is 31.3 Å². The summed E-state index contributed by atoms with van der Waals surface area (Å²) in [6.45, 7) is 1.86. The molecule has 1 aromatic carbocycles. The highest BCUT2D eigenvalue weighted by Gasteiger charge is 2.29. The molecule has 4 aromatic rings. The average Bonchev–Trinajstić information content (AvgIpc) is 3.18. The van der Waals surface area contributed by atoms with E-state index in [2.05, 4.69) is 30.2 Å². The lowest BCUT2D eigenvalue weighted by atomic mass is 9.52. The summed E-state index contributed by atoms with van der Waals surface area (Å²) in [5.74, 6) is 0.527. The van der Waals surface area contributed by atoms with Crippen molar-refractivity contribution in [2.45, 2.75) is 49.5 Å². The van der Waals surface area contributed by atoms with Crippen molar-refractivity contribution in [1.82, 2.24) is 24.9 Å². The summed E-state index contributed by atoms with van der Waals surface area (Å²) < 4.78 is 5.64. The van der Waals surface area contributed by atoms with Crippen LogP contribution >= 0.6 is 0 Å². The number of nitrogens with one attached hydrogen (secondary N) is 2. The molecule has 0 atom stereocenters. The van der Waals surface area contributed by atoms with Gasteiger partial charge in [0.15, 0.2) is 0 Å². The molecule has 11 heteroatoms. The Morgan fingerprint density at radius 1 is 1.12 bits per heavy atom. The summed E-state index contributed by atoms with van der Waals surface area (Å²) in [7, 11) is 17.3. The molecule has 5 rings (SSSR count). The van der Waals surface area contributed by atoms with Gasteiger partial charge < -0.3 is 20.1 Å². The number of nitrogens with zero attached hydrogens (tertiary/aromatic N) is 4. The van der Waals surface area contributed by atoms with Crippen LogP contribution in [-0.2, 0) is 0 Å². The molecular weight excluding hydrogens is 413 g/mol. The Kier molecular flexibility index (Phi) is 5.31. The molecule has 1 fully saturated rings. The summed E-state index contributed by atoms with van der Waals surface area (Å²) in [6.07, 6.45) is 8.11. The first-order chi connectivity index (χ1) is 15.7. The van der Waals surface area contributed by atoms with Crippen LogP contribution < -0.4 is 10.1 Å². The third-order valence-corrected chi connectivity index (χ3v) is 5.95. The number of benzene rings is 1. The lowest BCUT2D eigenvalue weighted by Gasteiger charge is -2.33. The Hall–Kier alpha value is -3.07. The number of ether oxygens (including phenoxy) is 1. The fourth-order valence-electron chi connectivity index (χ4n) is 4.23. The molecule has 3 N–H and O–H groups in total. The lowest BCUT2D eigenvalue weighted by molar-refractivity contribution is 0.0195. The maximum absolute atomic E-state index is 10.2. The molecule has 1 aliphatic rings. The highest BCUT2D eigenvalue weighted by Crippen LogP contribution is 2.36. The number of hydrogen-bond donors (Lipinski definition) is 3. The molecule has 1 aliphatic carbocycles. The van der Waals surface area contributed by atoms with E-state index in [9.17, 15) is 5.11 Å². The van der Waals surface area contributed by atoms with Crippen molar-refractivity contribution in [3.05, 3.63) is 36.8 Å². The second kappa shape index (κ2) is 8.06. The van der Waals surface area contributed by atoms with Gasteiger partial charge in [-0.1, -0.05) is 6.07 Å². The number of aliphatic hydroxyl groups is 1. The molecule has 8 nitrogen and oxygen atoms in total. The maximum atomic E-state index is 10.2. The van der Waals surface area contributed by atoms with Crippen LogP contribution in [0.25, 0.3) is 33.2 Å². The van der Waals surface area contributed by atoms with Crippen molar-refractivity contribution in [3.8, 4) is 17.0 Å². The zero-order valence-corrected chi connectivity index (χ0v) is 18.2. The predicted molar refractivity (Wildman–Crippen MR) is 130 cm³/mol. The van der Waals surface area contributed by atoms with Crippen LogP contribution in [0.5, 0.6) is 5.88 Å². The van der Waals surface area contributed by atoms with Gasteiger partial charge in [-0.05, 0) is 55.6 Å². The van der Waals surface area contributed by atoms with E-state index in [-0.39, 0.29) is 11.9 Å². The molecule has 3 heterocycles. The monoisotopic (exact) mass is 434 g/mol. The van der Waals surface area contributed by atoms with Gasteiger partial charge in [-0.2, -0.15) is 9.97 Å². The van der Waals surface area contributed by atoms with Gasteiger partial charge in [0.2, 0.25) is 11.8 Å². The van der Waals surface area contributed by atoms with Crippen LogP contribution in [0.1, 0.15) is 32.6 Å². The van der Waals surface area contributed by atoms with Gasteiger partial charge in [0, 0.05) is 30.2 Å². The first kappa shape index (κ1) is 21.8. The van der Waals surface area contributed by atoms with Crippen molar-refractivity contribution < 1.29 is 9.84 Å². The van der Waals surface area contributed by atoms with E-state index in [0.29, 0.717) is 29.8 Å². The average molecular weight is 434 g/mol. The van der Waals surface area contributed by atoms with Gasteiger partial charge in [0.05, 0.1) is 22.0 Å². The van der Waals surface area contributed by atoms with E-state index in [1.54, 1.807) is 12.4 Å². The molecule has 6 radical (unpaired) electrons.